The number of anilines is 2. The summed E-state index contributed by atoms with van der Waals surface area (Å²) in [5.74, 6) is -1.40. The van der Waals surface area contributed by atoms with Crippen LogP contribution in [0.25, 0.3) is 10.3 Å². The van der Waals surface area contributed by atoms with Gasteiger partial charge in [-0.05, 0) is 24.8 Å². The highest BCUT2D eigenvalue weighted by molar-refractivity contribution is 8.00. The average molecular weight is 393 g/mol. The van der Waals surface area contributed by atoms with Crippen molar-refractivity contribution in [1.82, 2.24) is 15.0 Å². The highest BCUT2D eigenvalue weighted by Crippen LogP contribution is 2.33. The van der Waals surface area contributed by atoms with Crippen LogP contribution in [0.2, 0.25) is 0 Å². The summed E-state index contributed by atoms with van der Waals surface area (Å²) in [4.78, 5) is 26.5. The third-order valence-corrected chi connectivity index (χ3v) is 6.11. The molecule has 1 aliphatic heterocycles. The lowest BCUT2D eigenvalue weighted by atomic mass is 10.2. The highest BCUT2D eigenvalue weighted by Gasteiger charge is 2.35. The van der Waals surface area contributed by atoms with E-state index in [0.717, 1.165) is 26.1 Å². The van der Waals surface area contributed by atoms with Crippen molar-refractivity contribution >= 4 is 50.9 Å². The zero-order chi connectivity index (χ0) is 18.3. The van der Waals surface area contributed by atoms with Crippen LogP contribution in [-0.2, 0) is 4.79 Å². The highest BCUT2D eigenvalue weighted by atomic mass is 32.2. The monoisotopic (exact) mass is 393 g/mol. The molecule has 10 heteroatoms. The van der Waals surface area contributed by atoms with Gasteiger partial charge in [-0.15, -0.1) is 11.3 Å². The van der Waals surface area contributed by atoms with Crippen molar-refractivity contribution in [3.63, 3.8) is 0 Å². The number of carbonyl (C=O) groups excluding carboxylic acids is 1. The van der Waals surface area contributed by atoms with Gasteiger partial charge >= 0.3 is 0 Å². The Balaban J connectivity index is 1.61. The van der Waals surface area contributed by atoms with Crippen molar-refractivity contribution < 1.29 is 13.6 Å². The molecule has 4 rings (SSSR count). The van der Waals surface area contributed by atoms with Crippen molar-refractivity contribution in [2.45, 2.75) is 16.8 Å². The number of halogens is 2. The Hall–Kier alpha value is -2.33. The second-order valence-corrected chi connectivity index (χ2v) is 7.66. The molecule has 3 aromatic rings. The number of nitrogens with zero attached hydrogens (tertiary/aromatic N) is 4. The average Bonchev–Trinajstić information content (AvgIpc) is 3.20. The maximum Gasteiger partial charge on any atom is 0.249 e. The van der Waals surface area contributed by atoms with Crippen LogP contribution in [0.5, 0.6) is 0 Å². The van der Waals surface area contributed by atoms with Gasteiger partial charge in [0.15, 0.2) is 9.99 Å². The second kappa shape index (κ2) is 6.76. The Labute approximate surface area is 155 Å². The molecule has 1 aromatic carbocycles. The second-order valence-electron chi connectivity index (χ2n) is 5.60. The van der Waals surface area contributed by atoms with E-state index in [1.807, 2.05) is 6.26 Å². The van der Waals surface area contributed by atoms with Gasteiger partial charge in [-0.1, -0.05) is 17.8 Å². The molecule has 1 N–H and O–H groups in total. The van der Waals surface area contributed by atoms with Gasteiger partial charge in [0.05, 0.1) is 0 Å². The van der Waals surface area contributed by atoms with Gasteiger partial charge in [0.1, 0.15) is 40.2 Å². The lowest BCUT2D eigenvalue weighted by Crippen LogP contribution is -2.34. The van der Waals surface area contributed by atoms with Crippen LogP contribution in [-0.4, -0.2) is 39.7 Å². The van der Waals surface area contributed by atoms with Crippen LogP contribution in [0.4, 0.5) is 20.3 Å². The number of para-hydroxylation sites is 1. The molecule has 0 radical (unpaired) electrons. The van der Waals surface area contributed by atoms with Gasteiger partial charge in [-0.25, -0.2) is 23.7 Å². The summed E-state index contributed by atoms with van der Waals surface area (Å²) in [6.07, 6.45) is 3.70. The first kappa shape index (κ1) is 17.1. The molecule has 134 valence electrons. The molecule has 1 atom stereocenters. The fourth-order valence-electron chi connectivity index (χ4n) is 2.87. The Bertz CT molecular complexity index is 976. The summed E-state index contributed by atoms with van der Waals surface area (Å²) in [6, 6.07) is 2.94. The molecule has 1 aliphatic rings. The number of amides is 1. The van der Waals surface area contributed by atoms with Crippen molar-refractivity contribution in [2.75, 3.05) is 23.0 Å². The minimum atomic E-state index is -0.754. The minimum absolute atomic E-state index is 0.224. The van der Waals surface area contributed by atoms with E-state index in [9.17, 15) is 13.6 Å². The van der Waals surface area contributed by atoms with Crippen LogP contribution < -0.4 is 10.2 Å². The Morgan fingerprint density at radius 3 is 2.81 bits per heavy atom. The fourth-order valence-corrected chi connectivity index (χ4v) is 4.34. The number of rotatable bonds is 4. The number of hydrogen-bond acceptors (Lipinski definition) is 7. The zero-order valence-electron chi connectivity index (χ0n) is 13.6. The fraction of sp³-hybridized carbons (Fsp3) is 0.250. The lowest BCUT2D eigenvalue weighted by molar-refractivity contribution is -0.117. The zero-order valence-corrected chi connectivity index (χ0v) is 15.2. The van der Waals surface area contributed by atoms with Gasteiger partial charge < -0.3 is 10.2 Å². The van der Waals surface area contributed by atoms with E-state index in [2.05, 4.69) is 20.3 Å². The molecule has 0 saturated carbocycles. The summed E-state index contributed by atoms with van der Waals surface area (Å²) < 4.78 is 29.6. The smallest absolute Gasteiger partial charge is 0.249 e. The number of thiazole rings is 1. The van der Waals surface area contributed by atoms with E-state index in [1.165, 1.54) is 35.5 Å². The predicted molar refractivity (Wildman–Crippen MR) is 97.7 cm³/mol. The van der Waals surface area contributed by atoms with E-state index in [0.29, 0.717) is 17.9 Å². The van der Waals surface area contributed by atoms with Gasteiger partial charge in [0, 0.05) is 6.54 Å². The SMILES string of the molecule is CSc1nc2ncnc(NC3CCN(c4c(F)cccc4F)C3=O)c2s1. The number of fused-ring (bicyclic) bond motifs is 1. The Kier molecular flexibility index (Phi) is 4.45. The maximum absolute atomic E-state index is 14.0. The van der Waals surface area contributed by atoms with Gasteiger partial charge in [-0.2, -0.15) is 0 Å². The van der Waals surface area contributed by atoms with Gasteiger partial charge in [0.25, 0.3) is 0 Å². The van der Waals surface area contributed by atoms with Crippen LogP contribution in [0, 0.1) is 11.6 Å². The minimum Gasteiger partial charge on any atom is -0.357 e. The molecule has 0 aliphatic carbocycles. The van der Waals surface area contributed by atoms with Crippen LogP contribution in [0.3, 0.4) is 0 Å². The van der Waals surface area contributed by atoms with Crippen molar-refractivity contribution in [3.8, 4) is 0 Å². The molecule has 1 fully saturated rings. The maximum atomic E-state index is 14.0. The quantitative estimate of drug-likeness (QED) is 0.686. The molecule has 3 heterocycles. The van der Waals surface area contributed by atoms with Crippen LogP contribution in [0.15, 0.2) is 28.9 Å². The van der Waals surface area contributed by atoms with Gasteiger partial charge in [0.2, 0.25) is 5.91 Å². The summed E-state index contributed by atoms with van der Waals surface area (Å²) in [5, 5.41) is 3.08. The third kappa shape index (κ3) is 2.88. The predicted octanol–water partition coefficient (Wildman–Crippen LogP) is 3.30. The Morgan fingerprint density at radius 2 is 2.08 bits per heavy atom. The summed E-state index contributed by atoms with van der Waals surface area (Å²) in [7, 11) is 0. The van der Waals surface area contributed by atoms with Gasteiger partial charge in [-0.3, -0.25) is 4.79 Å². The number of hydrogen-bond donors (Lipinski definition) is 1. The third-order valence-electron chi connectivity index (χ3n) is 4.07. The molecule has 0 spiro atoms. The van der Waals surface area contributed by atoms with Crippen molar-refractivity contribution in [1.29, 1.82) is 0 Å². The molecule has 1 unspecified atom stereocenters. The molecule has 26 heavy (non-hydrogen) atoms. The first-order valence-electron chi connectivity index (χ1n) is 7.76. The summed E-state index contributed by atoms with van der Waals surface area (Å²) in [5.41, 5.74) is 0.247. The molecular weight excluding hydrogens is 380 g/mol. The topological polar surface area (TPSA) is 71.0 Å². The van der Waals surface area contributed by atoms with E-state index >= 15 is 0 Å². The number of nitrogens with one attached hydrogen (secondary N) is 1. The number of thioether (sulfide) groups is 1. The van der Waals surface area contributed by atoms with E-state index in [1.54, 1.807) is 0 Å². The number of aromatic nitrogens is 3. The molecule has 6 nitrogen and oxygen atoms in total. The van der Waals surface area contributed by atoms with Crippen molar-refractivity contribution in [3.05, 3.63) is 36.2 Å². The van der Waals surface area contributed by atoms with E-state index in [4.69, 9.17) is 0 Å². The first-order valence-corrected chi connectivity index (χ1v) is 9.80. The Morgan fingerprint density at radius 1 is 1.31 bits per heavy atom. The molecule has 1 saturated heterocycles. The molecule has 2 aromatic heterocycles. The molecule has 1 amide bonds. The largest absolute Gasteiger partial charge is 0.357 e. The number of carbonyl (C=O) groups is 1. The first-order chi connectivity index (χ1) is 12.6. The van der Waals surface area contributed by atoms with Crippen LogP contribution >= 0.6 is 23.1 Å². The van der Waals surface area contributed by atoms with E-state index in [-0.39, 0.29) is 12.2 Å². The summed E-state index contributed by atoms with van der Waals surface area (Å²) >= 11 is 2.93. The summed E-state index contributed by atoms with van der Waals surface area (Å²) in [6.45, 7) is 0.224. The van der Waals surface area contributed by atoms with Crippen molar-refractivity contribution in [2.24, 2.45) is 0 Å². The number of benzene rings is 1. The standard InChI is InChI=1S/C16H13F2N5OS2/c1-25-16-22-14-12(26-16)13(19-7-20-14)21-10-5-6-23(15(10)24)11-8(17)3-2-4-9(11)18/h2-4,7,10H,5-6H2,1H3,(H,19,20,21). The molecule has 0 bridgehead atoms. The van der Waals surface area contributed by atoms with E-state index < -0.39 is 23.6 Å². The normalized spacial score (nSPS) is 17.3. The molecular formula is C16H13F2N5OS2. The lowest BCUT2D eigenvalue weighted by Gasteiger charge is -2.18. The van der Waals surface area contributed by atoms with Crippen LogP contribution in [0.1, 0.15) is 6.42 Å².